The third kappa shape index (κ3) is 6.91. The van der Waals surface area contributed by atoms with Gasteiger partial charge in [-0.2, -0.15) is 4.99 Å². The van der Waals surface area contributed by atoms with E-state index in [1.807, 2.05) is 103 Å². The second kappa shape index (κ2) is 11.2. The summed E-state index contributed by atoms with van der Waals surface area (Å²) in [5, 5.41) is 2.33. The maximum absolute atomic E-state index is 5.64. The van der Waals surface area contributed by atoms with Crippen molar-refractivity contribution >= 4 is 28.8 Å². The fraction of sp³-hybridized carbons (Fsp3) is 0. The molecular formula is C25H20N2O2S. The number of hydrogen-bond donors (Lipinski definition) is 1. The maximum atomic E-state index is 5.64. The second-order valence-electron chi connectivity index (χ2n) is 6.10. The molecule has 0 heterocycles. The molecule has 2 N–H and O–H groups in total. The van der Waals surface area contributed by atoms with Crippen LogP contribution in [0.25, 0.3) is 0 Å². The number of thiocarbonyl (C=S) groups is 1. The summed E-state index contributed by atoms with van der Waals surface area (Å²) in [6.45, 7) is 0. The number of ether oxygens (including phenoxy) is 2. The molecule has 5 heteroatoms. The summed E-state index contributed by atoms with van der Waals surface area (Å²) < 4.78 is 11.2. The molecule has 0 fully saturated rings. The molecule has 4 aromatic rings. The Balaban J connectivity index is 0.000000172. The summed E-state index contributed by atoms with van der Waals surface area (Å²) in [5.74, 6) is 3.11. The van der Waals surface area contributed by atoms with Gasteiger partial charge in [0.1, 0.15) is 23.0 Å². The zero-order valence-corrected chi connectivity index (χ0v) is 17.0. The van der Waals surface area contributed by atoms with Gasteiger partial charge in [0.15, 0.2) is 0 Å². The van der Waals surface area contributed by atoms with E-state index in [1.54, 1.807) is 6.07 Å². The zero-order chi connectivity index (χ0) is 21.0. The highest BCUT2D eigenvalue weighted by Crippen LogP contribution is 2.25. The van der Waals surface area contributed by atoms with E-state index in [-0.39, 0.29) is 0 Å². The molecule has 0 saturated carbocycles. The fourth-order valence-corrected chi connectivity index (χ4v) is 2.60. The first-order valence-electron chi connectivity index (χ1n) is 9.22. The number of para-hydroxylation sites is 2. The molecule has 0 aliphatic heterocycles. The molecule has 30 heavy (non-hydrogen) atoms. The largest absolute Gasteiger partial charge is 0.457 e. The van der Waals surface area contributed by atoms with E-state index in [0.29, 0.717) is 5.69 Å². The molecule has 0 bridgehead atoms. The third-order valence-corrected chi connectivity index (χ3v) is 3.90. The first kappa shape index (κ1) is 20.8. The molecule has 4 rings (SSSR count). The van der Waals surface area contributed by atoms with Crippen LogP contribution in [0.3, 0.4) is 0 Å². The number of nitrogens with two attached hydrogens (primary N) is 1. The minimum atomic E-state index is 0.707. The lowest BCUT2D eigenvalue weighted by atomic mass is 10.3. The molecule has 4 aromatic carbocycles. The highest BCUT2D eigenvalue weighted by molar-refractivity contribution is 7.78. The summed E-state index contributed by atoms with van der Waals surface area (Å²) in [6.07, 6.45) is 0. The molecule has 0 saturated heterocycles. The van der Waals surface area contributed by atoms with Crippen LogP contribution in [-0.2, 0) is 0 Å². The molecule has 0 aliphatic carbocycles. The van der Waals surface area contributed by atoms with Crippen molar-refractivity contribution in [2.75, 3.05) is 5.73 Å². The number of rotatable bonds is 5. The minimum absolute atomic E-state index is 0.707. The predicted octanol–water partition coefficient (Wildman–Crippen LogP) is 7.27. The van der Waals surface area contributed by atoms with Crippen LogP contribution in [0.15, 0.2) is 114 Å². The van der Waals surface area contributed by atoms with Crippen LogP contribution < -0.4 is 15.2 Å². The van der Waals surface area contributed by atoms with E-state index >= 15 is 0 Å². The lowest BCUT2D eigenvalue weighted by molar-refractivity contribution is 0.482. The van der Waals surface area contributed by atoms with Crippen molar-refractivity contribution in [3.8, 4) is 23.0 Å². The van der Waals surface area contributed by atoms with Crippen molar-refractivity contribution in [1.29, 1.82) is 0 Å². The van der Waals surface area contributed by atoms with Gasteiger partial charge in [-0.05, 0) is 60.7 Å². The Morgan fingerprint density at radius 2 is 1.10 bits per heavy atom. The predicted molar refractivity (Wildman–Crippen MR) is 125 cm³/mol. The van der Waals surface area contributed by atoms with Crippen LogP contribution in [0.2, 0.25) is 0 Å². The maximum Gasteiger partial charge on any atom is 0.129 e. The first-order valence-corrected chi connectivity index (χ1v) is 9.63. The van der Waals surface area contributed by atoms with Crippen LogP contribution in [0, 0.1) is 0 Å². The van der Waals surface area contributed by atoms with Gasteiger partial charge in [0, 0.05) is 17.8 Å². The van der Waals surface area contributed by atoms with E-state index in [0.717, 1.165) is 28.7 Å². The molecule has 148 valence electrons. The number of isothiocyanates is 1. The number of anilines is 1. The minimum Gasteiger partial charge on any atom is -0.457 e. The van der Waals surface area contributed by atoms with Gasteiger partial charge in [0.2, 0.25) is 0 Å². The summed E-state index contributed by atoms with van der Waals surface area (Å²) in [4.78, 5) is 3.89. The fourth-order valence-electron chi connectivity index (χ4n) is 2.50. The normalized spacial score (nSPS) is 9.47. The SMILES string of the molecule is Nc1cccc(Oc2ccccc2)c1.S=C=Nc1cccc(Oc2ccccc2)c1. The highest BCUT2D eigenvalue weighted by atomic mass is 32.1. The number of nitrogen functional groups attached to an aromatic ring is 1. The van der Waals surface area contributed by atoms with E-state index in [9.17, 15) is 0 Å². The molecule has 0 aliphatic rings. The molecule has 0 atom stereocenters. The van der Waals surface area contributed by atoms with Crippen LogP contribution in [-0.4, -0.2) is 5.16 Å². The van der Waals surface area contributed by atoms with Crippen LogP contribution in [0.5, 0.6) is 23.0 Å². The van der Waals surface area contributed by atoms with Gasteiger partial charge in [-0.25, -0.2) is 0 Å². The lowest BCUT2D eigenvalue weighted by Gasteiger charge is -2.05. The van der Waals surface area contributed by atoms with E-state index in [1.165, 1.54) is 0 Å². The van der Waals surface area contributed by atoms with Gasteiger partial charge in [0.25, 0.3) is 0 Å². The Bertz CT molecular complexity index is 1110. The van der Waals surface area contributed by atoms with Crippen LogP contribution in [0.1, 0.15) is 0 Å². The van der Waals surface area contributed by atoms with Gasteiger partial charge >= 0.3 is 0 Å². The summed E-state index contributed by atoms with van der Waals surface area (Å²) in [6, 6.07) is 34.0. The van der Waals surface area contributed by atoms with Gasteiger partial charge in [0.05, 0.1) is 10.8 Å². The second-order valence-corrected chi connectivity index (χ2v) is 6.29. The molecule has 0 aromatic heterocycles. The molecular weight excluding hydrogens is 392 g/mol. The quantitative estimate of drug-likeness (QED) is 0.213. The Hall–Kier alpha value is -3.92. The van der Waals surface area contributed by atoms with Gasteiger partial charge in [-0.15, -0.1) is 0 Å². The summed E-state index contributed by atoms with van der Waals surface area (Å²) in [5.41, 5.74) is 7.08. The van der Waals surface area contributed by atoms with Crippen molar-refractivity contribution in [2.45, 2.75) is 0 Å². The molecule has 0 amide bonds. The van der Waals surface area contributed by atoms with Crippen LogP contribution in [0.4, 0.5) is 11.4 Å². The van der Waals surface area contributed by atoms with Crippen LogP contribution >= 0.6 is 12.2 Å². The number of aliphatic imine (C=N–C) groups is 1. The monoisotopic (exact) mass is 412 g/mol. The highest BCUT2D eigenvalue weighted by Gasteiger charge is 1.97. The van der Waals surface area contributed by atoms with E-state index in [4.69, 9.17) is 15.2 Å². The van der Waals surface area contributed by atoms with E-state index < -0.39 is 0 Å². The van der Waals surface area contributed by atoms with Crippen molar-refractivity contribution in [3.05, 3.63) is 109 Å². The number of nitrogens with zero attached hydrogens (tertiary/aromatic N) is 1. The number of hydrogen-bond acceptors (Lipinski definition) is 5. The molecule has 0 unspecified atom stereocenters. The van der Waals surface area contributed by atoms with Gasteiger partial charge in [-0.3, -0.25) is 0 Å². The summed E-state index contributed by atoms with van der Waals surface area (Å²) >= 11 is 4.55. The average molecular weight is 413 g/mol. The Labute approximate surface area is 181 Å². The molecule has 4 nitrogen and oxygen atoms in total. The third-order valence-electron chi connectivity index (χ3n) is 3.81. The first-order chi connectivity index (χ1) is 14.7. The van der Waals surface area contributed by atoms with Gasteiger partial charge < -0.3 is 15.2 Å². The number of benzene rings is 4. The van der Waals surface area contributed by atoms with E-state index in [2.05, 4.69) is 22.4 Å². The topological polar surface area (TPSA) is 56.8 Å². The van der Waals surface area contributed by atoms with Gasteiger partial charge in [-0.1, -0.05) is 48.5 Å². The van der Waals surface area contributed by atoms with Crippen molar-refractivity contribution in [2.24, 2.45) is 4.99 Å². The smallest absolute Gasteiger partial charge is 0.129 e. The summed E-state index contributed by atoms with van der Waals surface area (Å²) in [7, 11) is 0. The van der Waals surface area contributed by atoms with Crippen molar-refractivity contribution in [1.82, 2.24) is 0 Å². The molecule has 0 spiro atoms. The molecule has 0 radical (unpaired) electrons. The zero-order valence-electron chi connectivity index (χ0n) is 16.1. The lowest BCUT2D eigenvalue weighted by Crippen LogP contribution is -1.86. The Morgan fingerprint density at radius 1 is 0.600 bits per heavy atom. The van der Waals surface area contributed by atoms with Crippen molar-refractivity contribution < 1.29 is 9.47 Å². The standard InChI is InChI=1S/C13H9NOS.C12H11NO/c16-10-14-11-5-4-8-13(9-11)15-12-6-2-1-3-7-12;13-10-5-4-8-12(9-10)14-11-6-2-1-3-7-11/h1-9H;1-9H,13H2. The Morgan fingerprint density at radius 3 is 1.63 bits per heavy atom. The van der Waals surface area contributed by atoms with Crippen molar-refractivity contribution in [3.63, 3.8) is 0 Å². The average Bonchev–Trinajstić information content (AvgIpc) is 2.76. The Kier molecular flexibility index (Phi) is 7.75.